The Morgan fingerprint density at radius 3 is 1.48 bits per heavy atom. The molecule has 0 heterocycles. The first kappa shape index (κ1) is 16.7. The van der Waals surface area contributed by atoms with E-state index in [-0.39, 0.29) is 0 Å². The third-order valence-electron chi connectivity index (χ3n) is 3.80. The standard InChI is InChI=1S/C18H25BrSi2/c1-20(2,3)16-12-15(14-10-8-7-9-11-14)13-17(18(16)19)21(4,5)6/h7-13H,1-6H3. The van der Waals surface area contributed by atoms with Gasteiger partial charge in [-0.1, -0.05) is 97.7 Å². The van der Waals surface area contributed by atoms with E-state index in [4.69, 9.17) is 0 Å². The molecule has 2 aromatic carbocycles. The molecule has 2 aromatic rings. The van der Waals surface area contributed by atoms with Crippen LogP contribution in [0, 0.1) is 0 Å². The van der Waals surface area contributed by atoms with Gasteiger partial charge in [-0.15, -0.1) is 0 Å². The molecule has 0 saturated carbocycles. The molecule has 0 atom stereocenters. The van der Waals surface area contributed by atoms with E-state index in [1.54, 1.807) is 10.4 Å². The minimum Gasteiger partial charge on any atom is -0.0656 e. The summed E-state index contributed by atoms with van der Waals surface area (Å²) in [6, 6.07) is 15.6. The summed E-state index contributed by atoms with van der Waals surface area (Å²) >= 11 is 3.93. The Morgan fingerprint density at radius 2 is 1.10 bits per heavy atom. The number of hydrogen-bond acceptors (Lipinski definition) is 0. The maximum atomic E-state index is 3.93. The lowest BCUT2D eigenvalue weighted by atomic mass is 10.1. The molecule has 0 amide bonds. The van der Waals surface area contributed by atoms with E-state index in [1.807, 2.05) is 0 Å². The monoisotopic (exact) mass is 376 g/mol. The first-order valence-corrected chi connectivity index (χ1v) is 15.3. The molecule has 112 valence electrons. The van der Waals surface area contributed by atoms with Crippen molar-refractivity contribution in [2.45, 2.75) is 39.3 Å². The van der Waals surface area contributed by atoms with Crippen LogP contribution in [0.25, 0.3) is 11.1 Å². The molecule has 0 radical (unpaired) electrons. The molecule has 0 bridgehead atoms. The summed E-state index contributed by atoms with van der Waals surface area (Å²) < 4.78 is 1.38. The fourth-order valence-electron chi connectivity index (χ4n) is 2.51. The zero-order chi connectivity index (χ0) is 15.8. The number of halogens is 1. The van der Waals surface area contributed by atoms with Gasteiger partial charge in [0.25, 0.3) is 0 Å². The summed E-state index contributed by atoms with van der Waals surface area (Å²) in [5.74, 6) is 0. The average Bonchev–Trinajstić information content (AvgIpc) is 2.37. The molecular weight excluding hydrogens is 352 g/mol. The Hall–Kier alpha value is -0.646. The van der Waals surface area contributed by atoms with E-state index in [1.165, 1.54) is 15.6 Å². The van der Waals surface area contributed by atoms with Gasteiger partial charge in [-0.05, 0) is 21.5 Å². The predicted molar refractivity (Wildman–Crippen MR) is 106 cm³/mol. The van der Waals surface area contributed by atoms with E-state index in [2.05, 4.69) is 97.7 Å². The minimum atomic E-state index is -1.38. The summed E-state index contributed by atoms with van der Waals surface area (Å²) in [4.78, 5) is 0. The van der Waals surface area contributed by atoms with Crippen LogP contribution in [-0.2, 0) is 0 Å². The van der Waals surface area contributed by atoms with Crippen molar-refractivity contribution in [1.82, 2.24) is 0 Å². The second-order valence-corrected chi connectivity index (χ2v) is 18.6. The number of rotatable bonds is 3. The van der Waals surface area contributed by atoms with Crippen molar-refractivity contribution in [3.63, 3.8) is 0 Å². The maximum Gasteiger partial charge on any atom is 0.0790 e. The van der Waals surface area contributed by atoms with Gasteiger partial charge < -0.3 is 0 Å². The largest absolute Gasteiger partial charge is 0.0790 e. The van der Waals surface area contributed by atoms with Crippen LogP contribution < -0.4 is 10.4 Å². The third kappa shape index (κ3) is 3.76. The van der Waals surface area contributed by atoms with Crippen molar-refractivity contribution in [3.8, 4) is 11.1 Å². The first-order valence-electron chi connectivity index (χ1n) is 7.50. The Labute approximate surface area is 139 Å². The van der Waals surface area contributed by atoms with Crippen LogP contribution in [0.15, 0.2) is 46.9 Å². The van der Waals surface area contributed by atoms with Gasteiger partial charge in [-0.3, -0.25) is 0 Å². The summed E-state index contributed by atoms with van der Waals surface area (Å²) in [6.07, 6.45) is 0. The van der Waals surface area contributed by atoms with Crippen LogP contribution >= 0.6 is 15.9 Å². The van der Waals surface area contributed by atoms with E-state index >= 15 is 0 Å². The Kier molecular flexibility index (Phi) is 4.67. The summed E-state index contributed by atoms with van der Waals surface area (Å²) in [7, 11) is -2.75. The lowest BCUT2D eigenvalue weighted by Crippen LogP contribution is -2.47. The number of hydrogen-bond donors (Lipinski definition) is 0. The van der Waals surface area contributed by atoms with Crippen LogP contribution in [0.4, 0.5) is 0 Å². The molecule has 0 spiro atoms. The number of benzene rings is 2. The molecule has 0 aliphatic carbocycles. The predicted octanol–water partition coefficient (Wildman–Crippen LogP) is 5.21. The minimum absolute atomic E-state index is 1.32. The molecular formula is C18H25BrSi2. The zero-order valence-corrected chi connectivity index (χ0v) is 17.5. The second-order valence-electron chi connectivity index (χ2n) is 7.75. The molecule has 2 rings (SSSR count). The molecule has 0 fully saturated rings. The van der Waals surface area contributed by atoms with Crippen molar-refractivity contribution in [2.24, 2.45) is 0 Å². The van der Waals surface area contributed by atoms with Gasteiger partial charge in [0.05, 0.1) is 16.1 Å². The van der Waals surface area contributed by atoms with Crippen LogP contribution in [0.2, 0.25) is 39.3 Å². The van der Waals surface area contributed by atoms with Gasteiger partial charge in [-0.25, -0.2) is 0 Å². The SMILES string of the molecule is C[Si](C)(C)c1cc(-c2ccccc2)cc([Si](C)(C)C)c1Br. The molecule has 21 heavy (non-hydrogen) atoms. The highest BCUT2D eigenvalue weighted by Gasteiger charge is 2.27. The van der Waals surface area contributed by atoms with Gasteiger partial charge in [0.2, 0.25) is 0 Å². The van der Waals surface area contributed by atoms with E-state index in [0.29, 0.717) is 0 Å². The normalized spacial score (nSPS) is 12.5. The molecule has 3 heteroatoms. The van der Waals surface area contributed by atoms with Gasteiger partial charge in [0, 0.05) is 4.47 Å². The molecule has 0 unspecified atom stereocenters. The maximum absolute atomic E-state index is 3.93. The van der Waals surface area contributed by atoms with Crippen LogP contribution in [0.5, 0.6) is 0 Å². The Bertz CT molecular complexity index is 599. The van der Waals surface area contributed by atoms with E-state index in [0.717, 1.165) is 0 Å². The fraction of sp³-hybridized carbons (Fsp3) is 0.333. The van der Waals surface area contributed by atoms with Crippen LogP contribution in [-0.4, -0.2) is 16.1 Å². The quantitative estimate of drug-likeness (QED) is 0.645. The Balaban J connectivity index is 2.75. The third-order valence-corrected chi connectivity index (χ3v) is 9.40. The molecule has 0 saturated heterocycles. The lowest BCUT2D eigenvalue weighted by molar-refractivity contribution is 1.59. The molecule has 0 aliphatic rings. The molecule has 0 aliphatic heterocycles. The first-order chi connectivity index (χ1) is 9.60. The molecule has 0 aromatic heterocycles. The van der Waals surface area contributed by atoms with Crippen LogP contribution in [0.1, 0.15) is 0 Å². The fourth-order valence-corrected chi connectivity index (χ4v) is 9.20. The zero-order valence-electron chi connectivity index (χ0n) is 13.9. The highest BCUT2D eigenvalue weighted by Crippen LogP contribution is 2.24. The van der Waals surface area contributed by atoms with Crippen molar-refractivity contribution >= 4 is 42.5 Å². The van der Waals surface area contributed by atoms with Gasteiger partial charge in [-0.2, -0.15) is 0 Å². The summed E-state index contributed by atoms with van der Waals surface area (Å²) in [6.45, 7) is 14.6. The summed E-state index contributed by atoms with van der Waals surface area (Å²) in [5.41, 5.74) is 2.69. The summed E-state index contributed by atoms with van der Waals surface area (Å²) in [5, 5.41) is 3.09. The highest BCUT2D eigenvalue weighted by atomic mass is 79.9. The Morgan fingerprint density at radius 1 is 0.667 bits per heavy atom. The van der Waals surface area contributed by atoms with Gasteiger partial charge >= 0.3 is 0 Å². The van der Waals surface area contributed by atoms with Crippen molar-refractivity contribution < 1.29 is 0 Å². The van der Waals surface area contributed by atoms with Crippen molar-refractivity contribution in [3.05, 3.63) is 46.9 Å². The topological polar surface area (TPSA) is 0 Å². The average molecular weight is 377 g/mol. The van der Waals surface area contributed by atoms with E-state index in [9.17, 15) is 0 Å². The second kappa shape index (κ2) is 5.86. The van der Waals surface area contributed by atoms with Gasteiger partial charge in [0.1, 0.15) is 0 Å². The van der Waals surface area contributed by atoms with Gasteiger partial charge in [0.15, 0.2) is 0 Å². The van der Waals surface area contributed by atoms with Crippen molar-refractivity contribution in [1.29, 1.82) is 0 Å². The van der Waals surface area contributed by atoms with E-state index < -0.39 is 16.1 Å². The highest BCUT2D eigenvalue weighted by molar-refractivity contribution is 9.10. The molecule has 0 N–H and O–H groups in total. The lowest BCUT2D eigenvalue weighted by Gasteiger charge is -2.27. The van der Waals surface area contributed by atoms with Crippen LogP contribution in [0.3, 0.4) is 0 Å². The molecule has 0 nitrogen and oxygen atoms in total. The van der Waals surface area contributed by atoms with Crippen molar-refractivity contribution in [2.75, 3.05) is 0 Å². The smallest absolute Gasteiger partial charge is 0.0656 e.